The predicted octanol–water partition coefficient (Wildman–Crippen LogP) is 2.81. The number of fused-ring (bicyclic) bond motifs is 1. The van der Waals surface area contributed by atoms with Gasteiger partial charge in [0.1, 0.15) is 0 Å². The van der Waals surface area contributed by atoms with Gasteiger partial charge in [0.25, 0.3) is 11.6 Å². The average molecular weight is 358 g/mol. The van der Waals surface area contributed by atoms with Crippen LogP contribution in [-0.2, 0) is 6.54 Å². The quantitative estimate of drug-likeness (QED) is 0.790. The maximum atomic E-state index is 12.3. The molecule has 5 heteroatoms. The first kappa shape index (κ1) is 13.3. The van der Waals surface area contributed by atoms with E-state index in [0.717, 1.165) is 9.99 Å². The largest absolute Gasteiger partial charge is 0.465 e. The highest BCUT2D eigenvalue weighted by molar-refractivity contribution is 14.1. The zero-order chi connectivity index (χ0) is 13.1. The minimum Gasteiger partial charge on any atom is -0.465 e. The molecular formula is C13H15IN2O2. The molecule has 0 atom stereocenters. The molecule has 0 unspecified atom stereocenters. The Morgan fingerprint density at radius 2 is 2.17 bits per heavy atom. The van der Waals surface area contributed by atoms with E-state index in [0.29, 0.717) is 30.1 Å². The van der Waals surface area contributed by atoms with Crippen LogP contribution < -0.4 is 10.3 Å². The predicted molar refractivity (Wildman–Crippen MR) is 80.2 cm³/mol. The Kier molecular flexibility index (Phi) is 4.21. The first-order valence-corrected chi connectivity index (χ1v) is 7.08. The van der Waals surface area contributed by atoms with Crippen LogP contribution in [0.3, 0.4) is 0 Å². The summed E-state index contributed by atoms with van der Waals surface area (Å²) in [7, 11) is 0. The van der Waals surface area contributed by atoms with Gasteiger partial charge in [-0.15, -0.1) is 0 Å². The monoisotopic (exact) mass is 358 g/mol. The Labute approximate surface area is 119 Å². The third-order valence-electron chi connectivity index (χ3n) is 2.63. The van der Waals surface area contributed by atoms with Gasteiger partial charge in [-0.25, -0.2) is 0 Å². The lowest BCUT2D eigenvalue weighted by atomic mass is 10.2. The molecule has 2 aromatic rings. The fourth-order valence-electron chi connectivity index (χ4n) is 1.76. The van der Waals surface area contributed by atoms with Crippen molar-refractivity contribution in [2.24, 2.45) is 0 Å². The molecule has 0 radical (unpaired) electrons. The number of ether oxygens (including phenoxy) is 1. The van der Waals surface area contributed by atoms with Crippen LogP contribution in [0.5, 0.6) is 6.01 Å². The van der Waals surface area contributed by atoms with Gasteiger partial charge in [-0.05, 0) is 54.1 Å². The second kappa shape index (κ2) is 5.69. The van der Waals surface area contributed by atoms with E-state index in [9.17, 15) is 4.79 Å². The highest BCUT2D eigenvalue weighted by atomic mass is 127. The minimum atomic E-state index is -0.0351. The summed E-state index contributed by atoms with van der Waals surface area (Å²) in [6, 6.07) is 6.08. The van der Waals surface area contributed by atoms with E-state index in [-0.39, 0.29) is 5.56 Å². The number of benzene rings is 1. The van der Waals surface area contributed by atoms with Crippen LogP contribution in [0.4, 0.5) is 0 Å². The van der Waals surface area contributed by atoms with Crippen molar-refractivity contribution in [1.29, 1.82) is 0 Å². The SMILES string of the molecule is CCCOc1nc2ccc(I)cc2c(=O)n1CC. The fraction of sp³-hybridized carbons (Fsp3) is 0.385. The summed E-state index contributed by atoms with van der Waals surface area (Å²) < 4.78 is 8.16. The minimum absolute atomic E-state index is 0.0351. The van der Waals surface area contributed by atoms with Gasteiger partial charge in [0.05, 0.1) is 17.5 Å². The maximum absolute atomic E-state index is 12.3. The third kappa shape index (κ3) is 2.50. The summed E-state index contributed by atoms with van der Waals surface area (Å²) in [6.07, 6.45) is 0.893. The van der Waals surface area contributed by atoms with Crippen molar-refractivity contribution in [3.8, 4) is 6.01 Å². The Hall–Kier alpha value is -1.11. The lowest BCUT2D eigenvalue weighted by molar-refractivity contribution is 0.274. The molecule has 1 heterocycles. The van der Waals surface area contributed by atoms with Crippen molar-refractivity contribution < 1.29 is 4.74 Å². The standard InChI is InChI=1S/C13H15IN2O2/c1-3-7-18-13-15-11-6-5-9(14)8-10(11)12(17)16(13)4-2/h5-6,8H,3-4,7H2,1-2H3. The number of hydrogen-bond donors (Lipinski definition) is 0. The molecule has 2 rings (SSSR count). The number of aromatic nitrogens is 2. The van der Waals surface area contributed by atoms with E-state index in [1.54, 1.807) is 4.57 Å². The van der Waals surface area contributed by atoms with Crippen molar-refractivity contribution >= 4 is 33.5 Å². The number of hydrogen-bond acceptors (Lipinski definition) is 3. The molecular weight excluding hydrogens is 343 g/mol. The average Bonchev–Trinajstić information content (AvgIpc) is 2.37. The zero-order valence-corrected chi connectivity index (χ0v) is 12.6. The van der Waals surface area contributed by atoms with Crippen LogP contribution in [0.25, 0.3) is 10.9 Å². The first-order chi connectivity index (χ1) is 8.67. The number of halogens is 1. The van der Waals surface area contributed by atoms with Gasteiger partial charge in [-0.1, -0.05) is 6.92 Å². The van der Waals surface area contributed by atoms with Crippen LogP contribution in [0.15, 0.2) is 23.0 Å². The van der Waals surface area contributed by atoms with Gasteiger partial charge < -0.3 is 4.74 Å². The molecule has 0 spiro atoms. The van der Waals surface area contributed by atoms with Gasteiger partial charge >= 0.3 is 0 Å². The normalized spacial score (nSPS) is 10.8. The molecule has 0 saturated heterocycles. The topological polar surface area (TPSA) is 44.1 Å². The third-order valence-corrected chi connectivity index (χ3v) is 3.30. The van der Waals surface area contributed by atoms with Crippen molar-refractivity contribution in [2.45, 2.75) is 26.8 Å². The molecule has 1 aromatic heterocycles. The number of nitrogens with zero attached hydrogens (tertiary/aromatic N) is 2. The van der Waals surface area contributed by atoms with E-state index in [4.69, 9.17) is 4.74 Å². The van der Waals surface area contributed by atoms with Crippen LogP contribution in [0.1, 0.15) is 20.3 Å². The molecule has 1 aromatic carbocycles. The first-order valence-electron chi connectivity index (χ1n) is 6.00. The summed E-state index contributed by atoms with van der Waals surface area (Å²) >= 11 is 2.19. The molecule has 0 aliphatic heterocycles. The van der Waals surface area contributed by atoms with Crippen molar-refractivity contribution in [3.63, 3.8) is 0 Å². The summed E-state index contributed by atoms with van der Waals surface area (Å²) in [6.45, 7) is 5.08. The van der Waals surface area contributed by atoms with Crippen molar-refractivity contribution in [2.75, 3.05) is 6.61 Å². The molecule has 0 aliphatic carbocycles. The lowest BCUT2D eigenvalue weighted by Gasteiger charge is -2.11. The molecule has 0 aliphatic rings. The summed E-state index contributed by atoms with van der Waals surface area (Å²) in [4.78, 5) is 16.8. The second-order valence-corrected chi connectivity index (χ2v) is 5.20. The van der Waals surface area contributed by atoms with Crippen LogP contribution >= 0.6 is 22.6 Å². The fourth-order valence-corrected chi connectivity index (χ4v) is 2.25. The highest BCUT2D eigenvalue weighted by Gasteiger charge is 2.10. The van der Waals surface area contributed by atoms with E-state index in [1.807, 2.05) is 32.0 Å². The van der Waals surface area contributed by atoms with Gasteiger partial charge in [-0.2, -0.15) is 4.98 Å². The maximum Gasteiger partial charge on any atom is 0.299 e. The van der Waals surface area contributed by atoms with Crippen LogP contribution in [0, 0.1) is 3.57 Å². The summed E-state index contributed by atoms with van der Waals surface area (Å²) in [5, 5.41) is 0.646. The van der Waals surface area contributed by atoms with Crippen molar-refractivity contribution in [1.82, 2.24) is 9.55 Å². The molecule has 0 bridgehead atoms. The van der Waals surface area contributed by atoms with E-state index < -0.39 is 0 Å². The van der Waals surface area contributed by atoms with Gasteiger partial charge in [-0.3, -0.25) is 9.36 Å². The van der Waals surface area contributed by atoms with E-state index >= 15 is 0 Å². The summed E-state index contributed by atoms with van der Waals surface area (Å²) in [5.74, 6) is 0. The second-order valence-electron chi connectivity index (χ2n) is 3.95. The van der Waals surface area contributed by atoms with E-state index in [1.165, 1.54) is 0 Å². The molecule has 0 N–H and O–H groups in total. The van der Waals surface area contributed by atoms with Crippen molar-refractivity contribution in [3.05, 3.63) is 32.1 Å². The Balaban J connectivity index is 2.65. The zero-order valence-electron chi connectivity index (χ0n) is 10.4. The van der Waals surface area contributed by atoms with Gasteiger partial charge in [0.2, 0.25) is 0 Å². The summed E-state index contributed by atoms with van der Waals surface area (Å²) in [5.41, 5.74) is 0.656. The Bertz CT molecular complexity index is 622. The molecule has 0 saturated carbocycles. The Morgan fingerprint density at radius 1 is 1.39 bits per heavy atom. The van der Waals surface area contributed by atoms with Crippen LogP contribution in [-0.4, -0.2) is 16.2 Å². The molecule has 96 valence electrons. The lowest BCUT2D eigenvalue weighted by Crippen LogP contribution is -2.23. The molecule has 0 amide bonds. The highest BCUT2D eigenvalue weighted by Crippen LogP contribution is 2.16. The van der Waals surface area contributed by atoms with E-state index in [2.05, 4.69) is 27.6 Å². The van der Waals surface area contributed by atoms with Gasteiger partial charge in [0.15, 0.2) is 0 Å². The molecule has 0 fully saturated rings. The van der Waals surface area contributed by atoms with Crippen LogP contribution in [0.2, 0.25) is 0 Å². The molecule has 18 heavy (non-hydrogen) atoms. The number of rotatable bonds is 4. The Morgan fingerprint density at radius 3 is 2.83 bits per heavy atom. The smallest absolute Gasteiger partial charge is 0.299 e. The van der Waals surface area contributed by atoms with Gasteiger partial charge in [0, 0.05) is 10.1 Å². The molecule has 4 nitrogen and oxygen atoms in total.